The summed E-state index contributed by atoms with van der Waals surface area (Å²) in [5.74, 6) is 1.82. The van der Waals surface area contributed by atoms with E-state index in [0.29, 0.717) is 5.92 Å². The maximum absolute atomic E-state index is 5.48. The molecule has 3 rings (SSSR count). The molecule has 0 N–H and O–H groups in total. The summed E-state index contributed by atoms with van der Waals surface area (Å²) in [5.41, 5.74) is 1.12. The third kappa shape index (κ3) is 3.30. The molecule has 3 heterocycles. The average Bonchev–Trinajstić information content (AvgIpc) is 3.16. The highest BCUT2D eigenvalue weighted by atomic mass is 32.2. The molecule has 118 valence electrons. The predicted molar refractivity (Wildman–Crippen MR) is 84.6 cm³/mol. The Bertz CT molecular complexity index is 613. The lowest BCUT2D eigenvalue weighted by Crippen LogP contribution is -2.23. The fourth-order valence-corrected chi connectivity index (χ4v) is 2.99. The Kier molecular flexibility index (Phi) is 4.73. The van der Waals surface area contributed by atoms with Gasteiger partial charge < -0.3 is 4.52 Å². The van der Waals surface area contributed by atoms with Crippen LogP contribution in [0.3, 0.4) is 0 Å². The summed E-state index contributed by atoms with van der Waals surface area (Å²) < 4.78 is 5.48. The molecule has 1 saturated heterocycles. The van der Waals surface area contributed by atoms with E-state index in [1.807, 2.05) is 18.6 Å². The van der Waals surface area contributed by atoms with Crippen LogP contribution in [0.1, 0.15) is 55.9 Å². The zero-order chi connectivity index (χ0) is 15.5. The third-order valence-corrected chi connectivity index (χ3v) is 4.45. The van der Waals surface area contributed by atoms with Crippen molar-refractivity contribution in [2.75, 3.05) is 12.8 Å². The first-order valence-electron chi connectivity index (χ1n) is 7.60. The van der Waals surface area contributed by atoms with Crippen molar-refractivity contribution in [3.63, 3.8) is 0 Å². The second-order valence-electron chi connectivity index (χ2n) is 5.85. The van der Waals surface area contributed by atoms with Crippen LogP contribution >= 0.6 is 11.8 Å². The highest BCUT2D eigenvalue weighted by Gasteiger charge is 2.31. The normalized spacial score (nSPS) is 19.2. The molecule has 2 aromatic heterocycles. The van der Waals surface area contributed by atoms with Crippen LogP contribution in [0.2, 0.25) is 0 Å². The summed E-state index contributed by atoms with van der Waals surface area (Å²) in [5, 5.41) is 4.89. The highest BCUT2D eigenvalue weighted by molar-refractivity contribution is 7.98. The van der Waals surface area contributed by atoms with Crippen molar-refractivity contribution in [1.29, 1.82) is 0 Å². The van der Waals surface area contributed by atoms with Gasteiger partial charge in [0.1, 0.15) is 0 Å². The fourth-order valence-electron chi connectivity index (χ4n) is 2.68. The standard InChI is InChI=1S/C15H21N5OS/c1-10(2)13-18-14(21-19-13)12-5-4-6-20(12)9-11-7-16-15(22-3)17-8-11/h7-8,10,12H,4-6,9H2,1-3H3/t12-/m1/s1. The van der Waals surface area contributed by atoms with Crippen molar-refractivity contribution < 1.29 is 4.52 Å². The van der Waals surface area contributed by atoms with Gasteiger partial charge in [-0.25, -0.2) is 9.97 Å². The summed E-state index contributed by atoms with van der Waals surface area (Å²) in [7, 11) is 0. The molecule has 0 radical (unpaired) electrons. The molecule has 1 fully saturated rings. The lowest BCUT2D eigenvalue weighted by molar-refractivity contribution is 0.200. The minimum Gasteiger partial charge on any atom is -0.338 e. The van der Waals surface area contributed by atoms with E-state index in [1.54, 1.807) is 11.8 Å². The van der Waals surface area contributed by atoms with Crippen molar-refractivity contribution >= 4 is 11.8 Å². The molecule has 0 bridgehead atoms. The predicted octanol–water partition coefficient (Wildman–Crippen LogP) is 3.04. The minimum absolute atomic E-state index is 0.209. The molecule has 2 aromatic rings. The van der Waals surface area contributed by atoms with Gasteiger partial charge in [-0.15, -0.1) is 0 Å². The van der Waals surface area contributed by atoms with Gasteiger partial charge in [-0.05, 0) is 25.6 Å². The van der Waals surface area contributed by atoms with Crippen molar-refractivity contribution in [3.05, 3.63) is 29.7 Å². The SMILES string of the molecule is CSc1ncc(CN2CCC[C@@H]2c2nc(C(C)C)no2)cn1. The van der Waals surface area contributed by atoms with Crippen LogP contribution in [-0.2, 0) is 6.54 Å². The molecule has 0 aromatic carbocycles. The maximum atomic E-state index is 5.48. The number of hydrogen-bond acceptors (Lipinski definition) is 7. The molecule has 1 aliphatic rings. The van der Waals surface area contributed by atoms with Crippen LogP contribution in [-0.4, -0.2) is 37.8 Å². The molecule has 22 heavy (non-hydrogen) atoms. The largest absolute Gasteiger partial charge is 0.338 e. The van der Waals surface area contributed by atoms with Crippen LogP contribution in [0.4, 0.5) is 0 Å². The Hall–Kier alpha value is -1.47. The minimum atomic E-state index is 0.209. The Morgan fingerprint density at radius 3 is 2.77 bits per heavy atom. The van der Waals surface area contributed by atoms with Crippen molar-refractivity contribution in [2.24, 2.45) is 0 Å². The molecular formula is C15H21N5OS. The van der Waals surface area contributed by atoms with Gasteiger partial charge in [0, 0.05) is 30.4 Å². The molecular weight excluding hydrogens is 298 g/mol. The van der Waals surface area contributed by atoms with Gasteiger partial charge in [0.05, 0.1) is 6.04 Å². The van der Waals surface area contributed by atoms with E-state index >= 15 is 0 Å². The average molecular weight is 319 g/mol. The molecule has 7 heteroatoms. The summed E-state index contributed by atoms with van der Waals surface area (Å²) in [6, 6.07) is 0.209. The van der Waals surface area contributed by atoms with Crippen LogP contribution in [0.15, 0.2) is 22.1 Å². The quantitative estimate of drug-likeness (QED) is 0.619. The lowest BCUT2D eigenvalue weighted by atomic mass is 10.2. The van der Waals surface area contributed by atoms with Crippen LogP contribution in [0.25, 0.3) is 0 Å². The smallest absolute Gasteiger partial charge is 0.244 e. The first-order chi connectivity index (χ1) is 10.7. The fraction of sp³-hybridized carbons (Fsp3) is 0.600. The monoisotopic (exact) mass is 319 g/mol. The Morgan fingerprint density at radius 1 is 1.36 bits per heavy atom. The van der Waals surface area contributed by atoms with Crippen LogP contribution < -0.4 is 0 Å². The maximum Gasteiger partial charge on any atom is 0.244 e. The topological polar surface area (TPSA) is 67.9 Å². The Balaban J connectivity index is 1.71. The van der Waals surface area contributed by atoms with Crippen LogP contribution in [0.5, 0.6) is 0 Å². The number of rotatable bonds is 5. The van der Waals surface area contributed by atoms with Crippen LogP contribution in [0, 0.1) is 0 Å². The van der Waals surface area contributed by atoms with E-state index in [0.717, 1.165) is 48.4 Å². The van der Waals surface area contributed by atoms with Gasteiger partial charge in [0.2, 0.25) is 5.89 Å². The molecule has 1 atom stereocenters. The third-order valence-electron chi connectivity index (χ3n) is 3.87. The second kappa shape index (κ2) is 6.75. The van der Waals surface area contributed by atoms with Crippen molar-refractivity contribution in [3.8, 4) is 0 Å². The Labute approximate surface area is 134 Å². The van der Waals surface area contributed by atoms with Gasteiger partial charge in [0.25, 0.3) is 0 Å². The number of thioether (sulfide) groups is 1. The van der Waals surface area contributed by atoms with Gasteiger partial charge >= 0.3 is 0 Å². The number of hydrogen-bond donors (Lipinski definition) is 0. The van der Waals surface area contributed by atoms with E-state index in [2.05, 4.69) is 38.9 Å². The molecule has 1 aliphatic heterocycles. The summed E-state index contributed by atoms with van der Waals surface area (Å²) in [6.07, 6.45) is 7.99. The van der Waals surface area contributed by atoms with Gasteiger partial charge in [-0.3, -0.25) is 4.90 Å². The summed E-state index contributed by atoms with van der Waals surface area (Å²) in [4.78, 5) is 15.6. The van der Waals surface area contributed by atoms with E-state index in [4.69, 9.17) is 4.52 Å². The second-order valence-corrected chi connectivity index (χ2v) is 6.63. The zero-order valence-electron chi connectivity index (χ0n) is 13.2. The van der Waals surface area contributed by atoms with Crippen molar-refractivity contribution in [1.82, 2.24) is 25.0 Å². The van der Waals surface area contributed by atoms with Gasteiger partial charge in [0.15, 0.2) is 11.0 Å². The number of likely N-dealkylation sites (tertiary alicyclic amines) is 1. The highest BCUT2D eigenvalue weighted by Crippen LogP contribution is 2.32. The Morgan fingerprint density at radius 2 is 2.14 bits per heavy atom. The van der Waals surface area contributed by atoms with E-state index in [-0.39, 0.29) is 6.04 Å². The van der Waals surface area contributed by atoms with E-state index in [1.165, 1.54) is 0 Å². The number of aromatic nitrogens is 4. The van der Waals surface area contributed by atoms with Gasteiger partial charge in [-0.2, -0.15) is 4.98 Å². The molecule has 6 nitrogen and oxygen atoms in total. The van der Waals surface area contributed by atoms with E-state index in [9.17, 15) is 0 Å². The van der Waals surface area contributed by atoms with Gasteiger partial charge in [-0.1, -0.05) is 30.8 Å². The van der Waals surface area contributed by atoms with Crippen molar-refractivity contribution in [2.45, 2.75) is 50.4 Å². The lowest BCUT2D eigenvalue weighted by Gasteiger charge is -2.21. The van der Waals surface area contributed by atoms with E-state index < -0.39 is 0 Å². The first kappa shape index (κ1) is 15.4. The molecule has 0 spiro atoms. The first-order valence-corrected chi connectivity index (χ1v) is 8.82. The number of nitrogens with zero attached hydrogens (tertiary/aromatic N) is 5. The summed E-state index contributed by atoms with van der Waals surface area (Å²) in [6.45, 7) is 6.00. The molecule has 0 amide bonds. The summed E-state index contributed by atoms with van der Waals surface area (Å²) >= 11 is 1.55. The molecule has 0 saturated carbocycles. The molecule has 0 unspecified atom stereocenters. The zero-order valence-corrected chi connectivity index (χ0v) is 14.0. The molecule has 0 aliphatic carbocycles.